The lowest BCUT2D eigenvalue weighted by Crippen LogP contribution is -2.22. The molecule has 0 aliphatic rings. The molecule has 0 bridgehead atoms. The SMILES string of the molecule is C=C(O/N=C(\C)c1ccc(C)cc1)C(C)C(F)(F)F. The fraction of sp³-hybridized carbons (Fsp3) is 0.357. The van der Waals surface area contributed by atoms with E-state index in [1.54, 1.807) is 6.92 Å². The highest BCUT2D eigenvalue weighted by molar-refractivity contribution is 5.98. The van der Waals surface area contributed by atoms with Gasteiger partial charge >= 0.3 is 6.18 Å². The number of hydrogen-bond donors (Lipinski definition) is 0. The van der Waals surface area contributed by atoms with Crippen molar-refractivity contribution in [2.45, 2.75) is 26.9 Å². The molecular weight excluding hydrogens is 255 g/mol. The monoisotopic (exact) mass is 271 g/mol. The van der Waals surface area contributed by atoms with Gasteiger partial charge in [-0.25, -0.2) is 0 Å². The van der Waals surface area contributed by atoms with Gasteiger partial charge in [0.15, 0.2) is 0 Å². The zero-order valence-corrected chi connectivity index (χ0v) is 11.1. The third-order valence-electron chi connectivity index (χ3n) is 2.74. The van der Waals surface area contributed by atoms with Crippen LogP contribution in [-0.2, 0) is 4.84 Å². The van der Waals surface area contributed by atoms with Crippen LogP contribution < -0.4 is 0 Å². The van der Waals surface area contributed by atoms with Gasteiger partial charge in [0.2, 0.25) is 0 Å². The zero-order chi connectivity index (χ0) is 14.6. The molecule has 104 valence electrons. The number of allylic oxidation sites excluding steroid dienone is 1. The Labute approximate surface area is 110 Å². The number of hydrogen-bond acceptors (Lipinski definition) is 2. The number of benzene rings is 1. The van der Waals surface area contributed by atoms with Gasteiger partial charge in [0.1, 0.15) is 11.7 Å². The van der Waals surface area contributed by atoms with Crippen LogP contribution in [-0.4, -0.2) is 11.9 Å². The van der Waals surface area contributed by atoms with Gasteiger partial charge in [-0.2, -0.15) is 13.2 Å². The standard InChI is InChI=1S/C14H16F3NO/c1-9-5-7-13(8-6-9)11(3)18-19-12(4)10(2)14(15,16)17/h5-8,10H,4H2,1-3H3/b18-11+. The van der Waals surface area contributed by atoms with Crippen LogP contribution in [0, 0.1) is 12.8 Å². The molecule has 0 fully saturated rings. The third-order valence-corrected chi connectivity index (χ3v) is 2.74. The highest BCUT2D eigenvalue weighted by Gasteiger charge is 2.39. The molecule has 0 aliphatic carbocycles. The van der Waals surface area contributed by atoms with Crippen molar-refractivity contribution in [3.63, 3.8) is 0 Å². The first kappa shape index (κ1) is 15.3. The first-order valence-corrected chi connectivity index (χ1v) is 5.76. The van der Waals surface area contributed by atoms with Gasteiger partial charge in [-0.1, -0.05) is 41.6 Å². The van der Waals surface area contributed by atoms with Crippen molar-refractivity contribution in [2.75, 3.05) is 0 Å². The molecule has 1 aromatic rings. The maximum Gasteiger partial charge on any atom is 0.398 e. The summed E-state index contributed by atoms with van der Waals surface area (Å²) in [6.45, 7) is 7.84. The van der Waals surface area contributed by atoms with Gasteiger partial charge in [0.25, 0.3) is 0 Å². The first-order chi connectivity index (χ1) is 8.71. The Balaban J connectivity index is 2.71. The van der Waals surface area contributed by atoms with Crippen molar-refractivity contribution in [3.05, 3.63) is 47.7 Å². The number of nitrogens with zero attached hydrogens (tertiary/aromatic N) is 1. The van der Waals surface area contributed by atoms with E-state index >= 15 is 0 Å². The Morgan fingerprint density at radius 3 is 2.26 bits per heavy atom. The first-order valence-electron chi connectivity index (χ1n) is 5.76. The van der Waals surface area contributed by atoms with E-state index in [-0.39, 0.29) is 0 Å². The molecule has 0 saturated heterocycles. The normalized spacial score (nSPS) is 14.1. The van der Waals surface area contributed by atoms with E-state index < -0.39 is 17.9 Å². The number of oxime groups is 1. The van der Waals surface area contributed by atoms with Crippen molar-refractivity contribution < 1.29 is 18.0 Å². The second-order valence-electron chi connectivity index (χ2n) is 4.36. The topological polar surface area (TPSA) is 21.6 Å². The summed E-state index contributed by atoms with van der Waals surface area (Å²) in [6, 6.07) is 7.43. The van der Waals surface area contributed by atoms with Crippen molar-refractivity contribution in [1.29, 1.82) is 0 Å². The molecule has 0 heterocycles. The Hall–Kier alpha value is -1.78. The minimum Gasteiger partial charge on any atom is -0.361 e. The summed E-state index contributed by atoms with van der Waals surface area (Å²) >= 11 is 0. The van der Waals surface area contributed by atoms with Crippen LogP contribution in [0.4, 0.5) is 13.2 Å². The van der Waals surface area contributed by atoms with Gasteiger partial charge in [0.05, 0.1) is 5.71 Å². The number of rotatable bonds is 4. The summed E-state index contributed by atoms with van der Waals surface area (Å²) in [5.41, 5.74) is 2.38. The summed E-state index contributed by atoms with van der Waals surface area (Å²) in [5.74, 6) is -2.17. The van der Waals surface area contributed by atoms with E-state index in [2.05, 4.69) is 11.7 Å². The average molecular weight is 271 g/mol. The van der Waals surface area contributed by atoms with Crippen LogP contribution in [0.5, 0.6) is 0 Å². The van der Waals surface area contributed by atoms with E-state index in [0.29, 0.717) is 5.71 Å². The highest BCUT2D eigenvalue weighted by atomic mass is 19.4. The highest BCUT2D eigenvalue weighted by Crippen LogP contribution is 2.31. The summed E-state index contributed by atoms with van der Waals surface area (Å²) in [7, 11) is 0. The van der Waals surface area contributed by atoms with Crippen molar-refractivity contribution >= 4 is 5.71 Å². The quantitative estimate of drug-likeness (QED) is 0.450. The van der Waals surface area contributed by atoms with Gasteiger partial charge in [-0.05, 0) is 26.3 Å². The van der Waals surface area contributed by atoms with Crippen LogP contribution in [0.2, 0.25) is 0 Å². The van der Waals surface area contributed by atoms with Crippen LogP contribution in [0.1, 0.15) is 25.0 Å². The van der Waals surface area contributed by atoms with Crippen LogP contribution >= 0.6 is 0 Å². The second kappa shape index (κ2) is 5.91. The predicted octanol–water partition coefficient (Wildman–Crippen LogP) is 4.45. The van der Waals surface area contributed by atoms with Crippen molar-refractivity contribution in [2.24, 2.45) is 11.1 Å². The van der Waals surface area contributed by atoms with E-state index in [0.717, 1.165) is 18.1 Å². The Morgan fingerprint density at radius 1 is 1.26 bits per heavy atom. The number of halogens is 3. The molecule has 0 radical (unpaired) electrons. The molecule has 1 aromatic carbocycles. The Bertz CT molecular complexity index is 474. The maximum absolute atomic E-state index is 12.4. The lowest BCUT2D eigenvalue weighted by molar-refractivity contribution is -0.168. The van der Waals surface area contributed by atoms with E-state index in [9.17, 15) is 13.2 Å². The van der Waals surface area contributed by atoms with Crippen molar-refractivity contribution in [3.8, 4) is 0 Å². The largest absolute Gasteiger partial charge is 0.398 e. The Morgan fingerprint density at radius 2 is 1.79 bits per heavy atom. The molecule has 0 N–H and O–H groups in total. The van der Waals surface area contributed by atoms with E-state index in [4.69, 9.17) is 4.84 Å². The second-order valence-corrected chi connectivity index (χ2v) is 4.36. The summed E-state index contributed by atoms with van der Waals surface area (Å²) in [6.07, 6.45) is -4.37. The van der Waals surface area contributed by atoms with E-state index in [1.807, 2.05) is 31.2 Å². The molecule has 1 atom stereocenters. The summed E-state index contributed by atoms with van der Waals surface area (Å²) in [5, 5.41) is 3.68. The molecule has 0 saturated carbocycles. The molecule has 0 amide bonds. The van der Waals surface area contributed by atoms with Gasteiger partial charge < -0.3 is 4.84 Å². The molecule has 2 nitrogen and oxygen atoms in total. The summed E-state index contributed by atoms with van der Waals surface area (Å²) < 4.78 is 37.2. The van der Waals surface area contributed by atoms with Crippen molar-refractivity contribution in [1.82, 2.24) is 0 Å². The fourth-order valence-corrected chi connectivity index (χ4v) is 1.24. The van der Waals surface area contributed by atoms with Crippen LogP contribution in [0.15, 0.2) is 41.8 Å². The lowest BCUT2D eigenvalue weighted by Gasteiger charge is -2.15. The van der Waals surface area contributed by atoms with Gasteiger partial charge in [0, 0.05) is 0 Å². The minimum absolute atomic E-state index is 0.418. The molecule has 1 rings (SSSR count). The number of aryl methyl sites for hydroxylation is 1. The number of alkyl halides is 3. The van der Waals surface area contributed by atoms with Crippen LogP contribution in [0.3, 0.4) is 0 Å². The lowest BCUT2D eigenvalue weighted by atomic mass is 10.1. The molecule has 19 heavy (non-hydrogen) atoms. The molecule has 1 unspecified atom stereocenters. The summed E-state index contributed by atoms with van der Waals surface area (Å²) in [4.78, 5) is 4.75. The third kappa shape index (κ3) is 4.43. The van der Waals surface area contributed by atoms with Gasteiger partial charge in [-0.3, -0.25) is 0 Å². The zero-order valence-electron chi connectivity index (χ0n) is 11.1. The average Bonchev–Trinajstić information content (AvgIpc) is 2.34. The molecule has 0 aromatic heterocycles. The van der Waals surface area contributed by atoms with E-state index in [1.165, 1.54) is 0 Å². The fourth-order valence-electron chi connectivity index (χ4n) is 1.24. The Kier molecular flexibility index (Phi) is 4.75. The maximum atomic E-state index is 12.4. The van der Waals surface area contributed by atoms with Gasteiger partial charge in [-0.15, -0.1) is 0 Å². The molecule has 0 spiro atoms. The smallest absolute Gasteiger partial charge is 0.361 e. The molecule has 5 heteroatoms. The predicted molar refractivity (Wildman–Crippen MR) is 68.8 cm³/mol. The minimum atomic E-state index is -4.37. The molecular formula is C14H16F3NO. The van der Waals surface area contributed by atoms with Crippen LogP contribution in [0.25, 0.3) is 0 Å². The molecule has 0 aliphatic heterocycles.